The molecule has 2 aromatic rings. The predicted octanol–water partition coefficient (Wildman–Crippen LogP) is 5.00. The van der Waals surface area contributed by atoms with Crippen LogP contribution in [0, 0.1) is 47.6 Å². The van der Waals surface area contributed by atoms with E-state index in [-0.39, 0.29) is 0 Å². The van der Waals surface area contributed by atoms with Gasteiger partial charge in [0.2, 0.25) is 0 Å². The Morgan fingerprint density at radius 3 is 2.00 bits per heavy atom. The van der Waals surface area contributed by atoms with Crippen molar-refractivity contribution in [3.63, 3.8) is 0 Å². The lowest BCUT2D eigenvalue weighted by Gasteiger charge is -2.15. The summed E-state index contributed by atoms with van der Waals surface area (Å²) in [5, 5.41) is 0. The molecule has 0 bridgehead atoms. The Balaban J connectivity index is 2.77. The fraction of sp³-hybridized carbons (Fsp3) is 0.333. The van der Waals surface area contributed by atoms with Crippen LogP contribution in [-0.4, -0.2) is 0 Å². The first-order valence-electron chi connectivity index (χ1n) is 6.48. The molecule has 0 fully saturated rings. The summed E-state index contributed by atoms with van der Waals surface area (Å²) in [4.78, 5) is 0. The maximum atomic E-state index is 3.40. The van der Waals surface area contributed by atoms with E-state index in [0.29, 0.717) is 0 Å². The van der Waals surface area contributed by atoms with Crippen molar-refractivity contribution < 1.29 is 0 Å². The van der Waals surface area contributed by atoms with Gasteiger partial charge in [-0.05, 0) is 86.6 Å². The molecule has 0 atom stereocenters. The highest BCUT2D eigenvalue weighted by Crippen LogP contribution is 2.31. The van der Waals surface area contributed by atoms with Gasteiger partial charge in [-0.1, -0.05) is 23.8 Å². The average molecular weight is 237 g/mol. The molecule has 0 nitrogen and oxygen atoms in total. The van der Waals surface area contributed by atoms with E-state index in [4.69, 9.17) is 0 Å². The van der Waals surface area contributed by atoms with Gasteiger partial charge in [0.15, 0.2) is 0 Å². The number of aryl methyl sites for hydroxylation is 4. The van der Waals surface area contributed by atoms with E-state index in [1.807, 2.05) is 0 Å². The molecular formula is C18H21. The molecule has 1 radical (unpaired) electrons. The first-order valence-corrected chi connectivity index (χ1v) is 6.48. The van der Waals surface area contributed by atoms with E-state index in [1.54, 1.807) is 0 Å². The molecule has 0 aliphatic heterocycles. The van der Waals surface area contributed by atoms with Crippen LogP contribution in [0.1, 0.15) is 33.4 Å². The van der Waals surface area contributed by atoms with Crippen LogP contribution >= 0.6 is 0 Å². The van der Waals surface area contributed by atoms with Crippen molar-refractivity contribution in [1.29, 1.82) is 0 Å². The Morgan fingerprint density at radius 1 is 0.722 bits per heavy atom. The molecule has 0 aliphatic rings. The predicted molar refractivity (Wildman–Crippen MR) is 79.1 cm³/mol. The van der Waals surface area contributed by atoms with Gasteiger partial charge in [0.1, 0.15) is 0 Å². The summed E-state index contributed by atoms with van der Waals surface area (Å²) in [5.74, 6) is 0. The lowest BCUT2D eigenvalue weighted by molar-refractivity contribution is 1.26. The Bertz CT molecular complexity index is 548. The first kappa shape index (κ1) is 12.9. The van der Waals surface area contributed by atoms with Crippen LogP contribution in [0.5, 0.6) is 0 Å². The molecule has 0 saturated carbocycles. The smallest absolute Gasteiger partial charge is 0.0117 e. The summed E-state index contributed by atoms with van der Waals surface area (Å²) < 4.78 is 0. The second-order valence-corrected chi connectivity index (χ2v) is 5.37. The highest BCUT2D eigenvalue weighted by molar-refractivity contribution is 5.73. The third-order valence-corrected chi connectivity index (χ3v) is 3.81. The number of hydrogen-bond donors (Lipinski definition) is 0. The SMILES string of the molecule is Cc1[c]c(C)c(C)c(-c2cc(C)cc(C)c2C)c1. The monoisotopic (exact) mass is 237 g/mol. The fourth-order valence-electron chi connectivity index (χ4n) is 2.55. The molecule has 0 unspecified atom stereocenters. The van der Waals surface area contributed by atoms with Gasteiger partial charge in [0, 0.05) is 0 Å². The molecule has 0 amide bonds. The van der Waals surface area contributed by atoms with Crippen molar-refractivity contribution in [3.05, 3.63) is 57.6 Å². The third kappa shape index (κ3) is 2.20. The van der Waals surface area contributed by atoms with E-state index in [0.717, 1.165) is 0 Å². The summed E-state index contributed by atoms with van der Waals surface area (Å²) in [6.45, 7) is 13.0. The third-order valence-electron chi connectivity index (χ3n) is 3.81. The molecule has 18 heavy (non-hydrogen) atoms. The highest BCUT2D eigenvalue weighted by Gasteiger charge is 2.10. The van der Waals surface area contributed by atoms with Gasteiger partial charge in [-0.15, -0.1) is 0 Å². The molecule has 2 rings (SSSR count). The van der Waals surface area contributed by atoms with Crippen LogP contribution in [0.15, 0.2) is 18.2 Å². The van der Waals surface area contributed by atoms with Crippen molar-refractivity contribution in [2.75, 3.05) is 0 Å². The molecular weight excluding hydrogens is 216 g/mol. The van der Waals surface area contributed by atoms with Crippen molar-refractivity contribution in [2.45, 2.75) is 41.5 Å². The summed E-state index contributed by atoms with van der Waals surface area (Å²) >= 11 is 0. The second-order valence-electron chi connectivity index (χ2n) is 5.37. The van der Waals surface area contributed by atoms with Crippen LogP contribution < -0.4 is 0 Å². The van der Waals surface area contributed by atoms with Crippen LogP contribution in [0.25, 0.3) is 11.1 Å². The highest BCUT2D eigenvalue weighted by atomic mass is 14.1. The zero-order valence-corrected chi connectivity index (χ0v) is 12.2. The van der Waals surface area contributed by atoms with Gasteiger partial charge >= 0.3 is 0 Å². The van der Waals surface area contributed by atoms with Crippen molar-refractivity contribution >= 4 is 0 Å². The lowest BCUT2D eigenvalue weighted by Crippen LogP contribution is -1.95. The second kappa shape index (κ2) is 4.61. The van der Waals surface area contributed by atoms with Crippen molar-refractivity contribution in [3.8, 4) is 11.1 Å². The maximum Gasteiger partial charge on any atom is -0.0117 e. The van der Waals surface area contributed by atoms with Gasteiger partial charge in [0.25, 0.3) is 0 Å². The molecule has 0 saturated heterocycles. The lowest BCUT2D eigenvalue weighted by atomic mass is 9.89. The molecule has 0 heteroatoms. The zero-order valence-electron chi connectivity index (χ0n) is 12.2. The minimum atomic E-state index is 1.21. The Kier molecular flexibility index (Phi) is 3.30. The molecule has 0 spiro atoms. The van der Waals surface area contributed by atoms with Crippen LogP contribution in [0.2, 0.25) is 0 Å². The van der Waals surface area contributed by atoms with Crippen LogP contribution in [-0.2, 0) is 0 Å². The standard InChI is InChI=1S/C18H21/c1-11-7-13(3)15(5)17(9-11)18-10-12(2)8-14(4)16(18)6/h7,9-10H,1-6H3. The quantitative estimate of drug-likeness (QED) is 0.654. The Hall–Kier alpha value is -1.56. The zero-order chi connectivity index (χ0) is 13.4. The van der Waals surface area contributed by atoms with Gasteiger partial charge in [-0.3, -0.25) is 0 Å². The van der Waals surface area contributed by atoms with Gasteiger partial charge in [-0.25, -0.2) is 0 Å². The first-order chi connectivity index (χ1) is 8.40. The molecule has 0 aliphatic carbocycles. The number of hydrogen-bond acceptors (Lipinski definition) is 0. The van der Waals surface area contributed by atoms with Gasteiger partial charge < -0.3 is 0 Å². The normalized spacial score (nSPS) is 10.8. The Labute approximate surface area is 111 Å². The summed E-state index contributed by atoms with van der Waals surface area (Å²) in [7, 11) is 0. The minimum Gasteiger partial charge on any atom is -0.0561 e. The molecule has 93 valence electrons. The van der Waals surface area contributed by atoms with Crippen LogP contribution in [0.4, 0.5) is 0 Å². The number of benzene rings is 2. The van der Waals surface area contributed by atoms with Crippen molar-refractivity contribution in [1.82, 2.24) is 0 Å². The average Bonchev–Trinajstić information content (AvgIpc) is 2.28. The molecule has 0 heterocycles. The maximum absolute atomic E-state index is 3.40. The topological polar surface area (TPSA) is 0 Å². The summed E-state index contributed by atoms with van der Waals surface area (Å²) in [6.07, 6.45) is 0. The van der Waals surface area contributed by atoms with E-state index in [9.17, 15) is 0 Å². The number of rotatable bonds is 1. The van der Waals surface area contributed by atoms with E-state index >= 15 is 0 Å². The molecule has 0 N–H and O–H groups in total. The van der Waals surface area contributed by atoms with E-state index in [2.05, 4.69) is 65.8 Å². The Morgan fingerprint density at radius 2 is 1.33 bits per heavy atom. The summed E-state index contributed by atoms with van der Waals surface area (Å²) in [6, 6.07) is 10.2. The molecule has 0 aromatic heterocycles. The molecule has 2 aromatic carbocycles. The van der Waals surface area contributed by atoms with Crippen LogP contribution in [0.3, 0.4) is 0 Å². The fourth-order valence-corrected chi connectivity index (χ4v) is 2.55. The summed E-state index contributed by atoms with van der Waals surface area (Å²) in [5.41, 5.74) is 10.6. The van der Waals surface area contributed by atoms with Crippen molar-refractivity contribution in [2.24, 2.45) is 0 Å². The van der Waals surface area contributed by atoms with Gasteiger partial charge in [-0.2, -0.15) is 0 Å². The largest absolute Gasteiger partial charge is 0.0561 e. The van der Waals surface area contributed by atoms with E-state index < -0.39 is 0 Å². The van der Waals surface area contributed by atoms with Gasteiger partial charge in [0.05, 0.1) is 0 Å². The minimum absolute atomic E-state index is 1.21. The van der Waals surface area contributed by atoms with E-state index in [1.165, 1.54) is 44.5 Å².